The van der Waals surface area contributed by atoms with Gasteiger partial charge in [-0.15, -0.1) is 0 Å². The molecule has 1 aliphatic heterocycles. The summed E-state index contributed by atoms with van der Waals surface area (Å²) in [5, 5.41) is 0. The van der Waals surface area contributed by atoms with E-state index in [1.165, 1.54) is 31.4 Å². The fourth-order valence-corrected chi connectivity index (χ4v) is 3.82. The van der Waals surface area contributed by atoms with Crippen LogP contribution in [0, 0.1) is 5.82 Å². The zero-order valence-electron chi connectivity index (χ0n) is 12.4. The van der Waals surface area contributed by atoms with Crippen molar-refractivity contribution in [1.82, 2.24) is 0 Å². The van der Waals surface area contributed by atoms with Crippen molar-refractivity contribution in [2.75, 3.05) is 13.9 Å². The van der Waals surface area contributed by atoms with Crippen molar-refractivity contribution < 1.29 is 27.0 Å². The molecule has 0 amide bonds. The van der Waals surface area contributed by atoms with E-state index in [0.29, 0.717) is 17.1 Å². The molecule has 0 aliphatic carbocycles. The molecular formula is C16H15FO5S. The Balaban J connectivity index is 1.99. The molecule has 5 nitrogen and oxygen atoms in total. The predicted octanol–water partition coefficient (Wildman–Crippen LogP) is 2.67. The zero-order valence-corrected chi connectivity index (χ0v) is 13.2. The van der Waals surface area contributed by atoms with Crippen molar-refractivity contribution in [1.29, 1.82) is 0 Å². The largest absolute Gasteiger partial charge is 0.497 e. The summed E-state index contributed by atoms with van der Waals surface area (Å²) in [6.45, 7) is 0.212. The van der Waals surface area contributed by atoms with Gasteiger partial charge < -0.3 is 14.2 Å². The fraction of sp³-hybridized carbons (Fsp3) is 0.250. The highest BCUT2D eigenvalue weighted by Crippen LogP contribution is 2.32. The normalized spacial score (nSPS) is 14.0. The van der Waals surface area contributed by atoms with Gasteiger partial charge in [-0.3, -0.25) is 0 Å². The maximum absolute atomic E-state index is 13.7. The van der Waals surface area contributed by atoms with Gasteiger partial charge in [0.15, 0.2) is 16.6 Å². The summed E-state index contributed by atoms with van der Waals surface area (Å²) in [6.07, 6.45) is 0. The molecule has 0 fully saturated rings. The van der Waals surface area contributed by atoms with E-state index in [2.05, 4.69) is 0 Å². The second-order valence-electron chi connectivity index (χ2n) is 5.10. The molecule has 0 spiro atoms. The number of hydrogen-bond donors (Lipinski definition) is 0. The fourth-order valence-electron chi connectivity index (χ4n) is 2.45. The molecule has 122 valence electrons. The summed E-state index contributed by atoms with van der Waals surface area (Å²) in [5.41, 5.74) is 0.790. The summed E-state index contributed by atoms with van der Waals surface area (Å²) >= 11 is 0. The van der Waals surface area contributed by atoms with Crippen molar-refractivity contribution in [3.05, 3.63) is 53.3 Å². The Bertz CT molecular complexity index is 832. The lowest BCUT2D eigenvalue weighted by molar-refractivity contribution is -0.0171. The number of halogens is 1. The van der Waals surface area contributed by atoms with E-state index in [-0.39, 0.29) is 29.6 Å². The average molecular weight is 338 g/mol. The Hall–Kier alpha value is -2.12. The maximum atomic E-state index is 13.7. The van der Waals surface area contributed by atoms with Gasteiger partial charge >= 0.3 is 0 Å². The number of methoxy groups -OCH3 is 1. The second-order valence-corrected chi connectivity index (χ2v) is 7.09. The van der Waals surface area contributed by atoms with Gasteiger partial charge in [-0.25, -0.2) is 12.8 Å². The van der Waals surface area contributed by atoms with Gasteiger partial charge in [0.25, 0.3) is 0 Å². The lowest BCUT2D eigenvalue weighted by Gasteiger charge is -2.20. The Morgan fingerprint density at radius 2 is 2.09 bits per heavy atom. The molecular weight excluding hydrogens is 323 g/mol. The summed E-state index contributed by atoms with van der Waals surface area (Å²) in [5.74, 6) is -0.0601. The first-order chi connectivity index (χ1) is 11.0. The number of rotatable bonds is 4. The molecule has 1 aliphatic rings. The molecule has 7 heteroatoms. The van der Waals surface area contributed by atoms with Crippen LogP contribution in [0.5, 0.6) is 11.5 Å². The minimum Gasteiger partial charge on any atom is -0.497 e. The van der Waals surface area contributed by atoms with Crippen molar-refractivity contribution in [3.8, 4) is 11.5 Å². The summed E-state index contributed by atoms with van der Waals surface area (Å²) in [6, 6.07) is 8.64. The summed E-state index contributed by atoms with van der Waals surface area (Å²) < 4.78 is 54.4. The van der Waals surface area contributed by atoms with E-state index in [0.717, 1.165) is 0 Å². The van der Waals surface area contributed by atoms with Crippen LogP contribution >= 0.6 is 0 Å². The molecule has 2 aromatic carbocycles. The van der Waals surface area contributed by atoms with Crippen LogP contribution in [0.4, 0.5) is 4.39 Å². The molecule has 0 aromatic heterocycles. The van der Waals surface area contributed by atoms with Gasteiger partial charge in [0.05, 0.1) is 24.4 Å². The topological polar surface area (TPSA) is 61.8 Å². The molecule has 0 unspecified atom stereocenters. The first-order valence-corrected chi connectivity index (χ1v) is 8.53. The predicted molar refractivity (Wildman–Crippen MR) is 80.6 cm³/mol. The van der Waals surface area contributed by atoms with Gasteiger partial charge in [0.1, 0.15) is 17.3 Å². The van der Waals surface area contributed by atoms with Gasteiger partial charge in [-0.05, 0) is 30.3 Å². The van der Waals surface area contributed by atoms with Crippen molar-refractivity contribution >= 4 is 9.84 Å². The quantitative estimate of drug-likeness (QED) is 0.858. The number of hydrogen-bond acceptors (Lipinski definition) is 5. The van der Waals surface area contributed by atoms with Gasteiger partial charge in [-0.2, -0.15) is 0 Å². The standard InChI is InChI=1S/C16H15FO5S/c1-20-14-3-2-4-15(7-14)23(18,19)9-12-6-13(17)5-11-8-21-10-22-16(11)12/h2-7H,8-10H2,1H3. The van der Waals surface area contributed by atoms with Gasteiger partial charge in [0, 0.05) is 11.1 Å². The number of sulfone groups is 1. The number of fused-ring (bicyclic) bond motifs is 1. The molecule has 0 bridgehead atoms. The Morgan fingerprint density at radius 1 is 1.26 bits per heavy atom. The molecule has 0 saturated heterocycles. The van der Waals surface area contributed by atoms with E-state index >= 15 is 0 Å². The van der Waals surface area contributed by atoms with Crippen LogP contribution in [0.3, 0.4) is 0 Å². The van der Waals surface area contributed by atoms with Crippen molar-refractivity contribution in [2.45, 2.75) is 17.3 Å². The molecule has 2 aromatic rings. The Labute approximate surface area is 133 Å². The Morgan fingerprint density at radius 3 is 2.87 bits per heavy atom. The van der Waals surface area contributed by atoms with Crippen LogP contribution in [0.15, 0.2) is 41.3 Å². The molecule has 0 radical (unpaired) electrons. The van der Waals surface area contributed by atoms with Crippen LogP contribution < -0.4 is 9.47 Å². The smallest absolute Gasteiger partial charge is 0.189 e. The highest BCUT2D eigenvalue weighted by atomic mass is 32.2. The highest BCUT2D eigenvalue weighted by Gasteiger charge is 2.23. The first kappa shape index (κ1) is 15.8. The van der Waals surface area contributed by atoms with Crippen LogP contribution in [0.25, 0.3) is 0 Å². The third-order valence-electron chi connectivity index (χ3n) is 3.50. The first-order valence-electron chi connectivity index (χ1n) is 6.88. The SMILES string of the molecule is COc1cccc(S(=O)(=O)Cc2cc(F)cc3c2OCOC3)c1. The molecule has 0 saturated carbocycles. The van der Waals surface area contributed by atoms with Crippen LogP contribution in [0.2, 0.25) is 0 Å². The van der Waals surface area contributed by atoms with E-state index in [4.69, 9.17) is 14.2 Å². The molecule has 0 N–H and O–H groups in total. The third-order valence-corrected chi connectivity index (χ3v) is 5.16. The molecule has 0 atom stereocenters. The lowest BCUT2D eigenvalue weighted by atomic mass is 10.1. The van der Waals surface area contributed by atoms with E-state index in [9.17, 15) is 12.8 Å². The molecule has 3 rings (SSSR count). The summed E-state index contributed by atoms with van der Waals surface area (Å²) in [7, 11) is -2.20. The lowest BCUT2D eigenvalue weighted by Crippen LogP contribution is -2.15. The molecule has 1 heterocycles. The molecule has 23 heavy (non-hydrogen) atoms. The van der Waals surface area contributed by atoms with E-state index < -0.39 is 15.7 Å². The number of ether oxygens (including phenoxy) is 3. The number of benzene rings is 2. The van der Waals surface area contributed by atoms with Gasteiger partial charge in [0.2, 0.25) is 0 Å². The monoisotopic (exact) mass is 338 g/mol. The second kappa shape index (κ2) is 6.17. The van der Waals surface area contributed by atoms with Crippen molar-refractivity contribution in [3.63, 3.8) is 0 Å². The average Bonchev–Trinajstić information content (AvgIpc) is 2.54. The van der Waals surface area contributed by atoms with Crippen LogP contribution in [-0.4, -0.2) is 22.3 Å². The zero-order chi connectivity index (χ0) is 16.4. The summed E-state index contributed by atoms with van der Waals surface area (Å²) in [4.78, 5) is 0.113. The minimum atomic E-state index is -3.66. The van der Waals surface area contributed by atoms with Gasteiger partial charge in [-0.1, -0.05) is 6.07 Å². The van der Waals surface area contributed by atoms with Crippen LogP contribution in [-0.2, 0) is 26.9 Å². The van der Waals surface area contributed by atoms with Crippen LogP contribution in [0.1, 0.15) is 11.1 Å². The highest BCUT2D eigenvalue weighted by molar-refractivity contribution is 7.90. The Kier molecular flexibility index (Phi) is 4.23. The van der Waals surface area contributed by atoms with Crippen molar-refractivity contribution in [2.24, 2.45) is 0 Å². The maximum Gasteiger partial charge on any atom is 0.189 e. The third kappa shape index (κ3) is 3.30. The van der Waals surface area contributed by atoms with E-state index in [1.807, 2.05) is 0 Å². The van der Waals surface area contributed by atoms with E-state index in [1.54, 1.807) is 12.1 Å². The minimum absolute atomic E-state index is 0.0187.